The van der Waals surface area contributed by atoms with E-state index < -0.39 is 30.8 Å². The Bertz CT molecular complexity index is 293. The van der Waals surface area contributed by atoms with E-state index >= 15 is 0 Å². The maximum Gasteiger partial charge on any atom is 0.445 e. The molecule has 4 nitrogen and oxygen atoms in total. The van der Waals surface area contributed by atoms with Crippen LogP contribution >= 0.6 is 7.88 Å². The third-order valence-corrected chi connectivity index (χ3v) is 5.29. The molecule has 0 amide bonds. The predicted octanol–water partition coefficient (Wildman–Crippen LogP) is 1.61. The smallest absolute Gasteiger partial charge is 0.445 e. The first-order valence-corrected chi connectivity index (χ1v) is 5.50. The second-order valence-corrected chi connectivity index (χ2v) is 5.95. The highest BCUT2D eigenvalue weighted by Crippen LogP contribution is 2.93. The quantitative estimate of drug-likeness (QED) is 0.388. The minimum absolute atomic E-state index is 0.969. The van der Waals surface area contributed by atoms with Crippen molar-refractivity contribution in [1.82, 2.24) is 0 Å². The molecule has 1 aliphatic rings. The van der Waals surface area contributed by atoms with Gasteiger partial charge < -0.3 is 9.47 Å². The highest BCUT2D eigenvalue weighted by Gasteiger charge is 2.93. The van der Waals surface area contributed by atoms with Crippen LogP contribution in [0.4, 0.5) is 8.39 Å². The second kappa shape index (κ2) is 3.12. The number of hydrogen-bond donors (Lipinski definition) is 0. The number of hydrogen-bond acceptors (Lipinski definition) is 4. The van der Waals surface area contributed by atoms with Crippen LogP contribution in [0.15, 0.2) is 0 Å². The van der Waals surface area contributed by atoms with Gasteiger partial charge in [0.15, 0.2) is 0 Å². The SMILES string of the molecule is COC(=O)C(=O)OC1(C)C(C)[P+]1(F)F. The van der Waals surface area contributed by atoms with E-state index in [0.717, 1.165) is 14.0 Å². The molecule has 80 valence electrons. The molecule has 1 fully saturated rings. The van der Waals surface area contributed by atoms with Gasteiger partial charge in [0.1, 0.15) is 0 Å². The molecule has 2 atom stereocenters. The van der Waals surface area contributed by atoms with Crippen LogP contribution in [0.1, 0.15) is 13.8 Å². The lowest BCUT2D eigenvalue weighted by molar-refractivity contribution is -0.169. The number of halogens is 2. The van der Waals surface area contributed by atoms with Gasteiger partial charge in [-0.3, -0.25) is 0 Å². The molecule has 0 radical (unpaired) electrons. The fraction of sp³-hybridized carbons (Fsp3) is 0.714. The van der Waals surface area contributed by atoms with E-state index in [0.29, 0.717) is 0 Å². The average Bonchev–Trinajstić information content (AvgIpc) is 2.48. The van der Waals surface area contributed by atoms with Crippen LogP contribution in [0.5, 0.6) is 0 Å². The molecule has 0 aliphatic carbocycles. The molecule has 0 N–H and O–H groups in total. The van der Waals surface area contributed by atoms with Gasteiger partial charge in [-0.2, -0.15) is 0 Å². The molecule has 1 rings (SSSR count). The summed E-state index contributed by atoms with van der Waals surface area (Å²) in [6.07, 6.45) is 0. The number of carbonyl (C=O) groups excluding carboxylic acids is 2. The van der Waals surface area contributed by atoms with Gasteiger partial charge >= 0.3 is 25.2 Å². The van der Waals surface area contributed by atoms with Gasteiger partial charge in [0, 0.05) is 6.92 Å². The monoisotopic (exact) mass is 227 g/mol. The third kappa shape index (κ3) is 1.38. The van der Waals surface area contributed by atoms with Crippen molar-refractivity contribution < 1.29 is 27.5 Å². The fourth-order valence-electron chi connectivity index (χ4n) is 1.08. The van der Waals surface area contributed by atoms with Gasteiger partial charge in [-0.25, -0.2) is 9.59 Å². The summed E-state index contributed by atoms with van der Waals surface area (Å²) in [6.45, 7) is 2.42. The van der Waals surface area contributed by atoms with Crippen LogP contribution in [0.3, 0.4) is 0 Å². The van der Waals surface area contributed by atoms with Crippen LogP contribution in [0.2, 0.25) is 0 Å². The Kier molecular flexibility index (Phi) is 2.52. The molecule has 0 bridgehead atoms. The van der Waals surface area contributed by atoms with Crippen LogP contribution in [0.25, 0.3) is 0 Å². The van der Waals surface area contributed by atoms with Gasteiger partial charge in [-0.05, 0) is 15.3 Å². The molecular formula is C7H10F2O4P+. The van der Waals surface area contributed by atoms with E-state index in [1.165, 1.54) is 6.92 Å². The number of esters is 2. The predicted molar refractivity (Wildman–Crippen MR) is 45.1 cm³/mol. The number of rotatable bonds is 1. The molecule has 14 heavy (non-hydrogen) atoms. The topological polar surface area (TPSA) is 52.6 Å². The van der Waals surface area contributed by atoms with Crippen molar-refractivity contribution in [3.8, 4) is 0 Å². The minimum atomic E-state index is -4.21. The van der Waals surface area contributed by atoms with Crippen molar-refractivity contribution in [2.45, 2.75) is 24.8 Å². The first-order chi connectivity index (χ1) is 6.27. The summed E-state index contributed by atoms with van der Waals surface area (Å²) in [5, 5.41) is -1.77. The third-order valence-electron chi connectivity index (χ3n) is 2.44. The van der Waals surface area contributed by atoms with Crippen LogP contribution in [-0.4, -0.2) is 30.0 Å². The van der Waals surface area contributed by atoms with Crippen molar-refractivity contribution in [3.63, 3.8) is 0 Å². The lowest BCUT2D eigenvalue weighted by Gasteiger charge is -2.03. The lowest BCUT2D eigenvalue weighted by atomic mass is 10.3. The summed E-state index contributed by atoms with van der Waals surface area (Å²) in [5.74, 6) is -2.62. The van der Waals surface area contributed by atoms with Crippen molar-refractivity contribution >= 4 is 19.8 Å². The Balaban J connectivity index is 2.64. The first kappa shape index (κ1) is 11.3. The Hall–Kier alpha value is -0.770. The zero-order chi connectivity index (χ0) is 11.1. The number of methoxy groups -OCH3 is 1. The molecule has 1 saturated heterocycles. The molecule has 1 heterocycles. The Morgan fingerprint density at radius 2 is 1.79 bits per heavy atom. The van der Waals surface area contributed by atoms with Gasteiger partial charge in [0.25, 0.3) is 0 Å². The molecule has 0 aromatic rings. The van der Waals surface area contributed by atoms with Crippen molar-refractivity contribution in [1.29, 1.82) is 0 Å². The number of carbonyl (C=O) groups is 2. The highest BCUT2D eigenvalue weighted by atomic mass is 31.2. The standard InChI is InChI=1S/C7H10F2O4P/c1-4-7(2,14(4,8)9)13-6(11)5(10)12-3/h4H,1-3H3/q+1. The largest absolute Gasteiger partial charge is 0.461 e. The summed E-state index contributed by atoms with van der Waals surface area (Å²) in [7, 11) is -3.23. The Morgan fingerprint density at radius 1 is 1.36 bits per heavy atom. The van der Waals surface area contributed by atoms with Crippen molar-refractivity contribution in [2.24, 2.45) is 0 Å². The maximum absolute atomic E-state index is 13.0. The van der Waals surface area contributed by atoms with E-state index in [-0.39, 0.29) is 0 Å². The molecule has 0 spiro atoms. The average molecular weight is 227 g/mol. The second-order valence-electron chi connectivity index (χ2n) is 3.17. The zero-order valence-electron chi connectivity index (χ0n) is 7.91. The minimum Gasteiger partial charge on any atom is -0.461 e. The van der Waals surface area contributed by atoms with Crippen LogP contribution in [-0.2, 0) is 19.1 Å². The normalized spacial score (nSPS) is 33.4. The van der Waals surface area contributed by atoms with E-state index in [9.17, 15) is 18.0 Å². The fourth-order valence-corrected chi connectivity index (χ4v) is 2.86. The summed E-state index contributed by atoms with van der Waals surface area (Å²) in [5.41, 5.74) is -0.969. The zero-order valence-corrected chi connectivity index (χ0v) is 8.81. The molecule has 0 aromatic heterocycles. The molecule has 7 heteroatoms. The maximum atomic E-state index is 13.0. The molecule has 2 unspecified atom stereocenters. The molecule has 0 aromatic carbocycles. The summed E-state index contributed by atoms with van der Waals surface area (Å²) >= 11 is 0. The van der Waals surface area contributed by atoms with E-state index in [1.807, 2.05) is 0 Å². The number of ether oxygens (including phenoxy) is 2. The molecular weight excluding hydrogens is 217 g/mol. The van der Waals surface area contributed by atoms with Crippen LogP contribution in [0, 0.1) is 0 Å². The first-order valence-electron chi connectivity index (χ1n) is 3.86. The molecule has 1 aliphatic heterocycles. The van der Waals surface area contributed by atoms with Gasteiger partial charge in [0.05, 0.1) is 7.11 Å². The van der Waals surface area contributed by atoms with Crippen LogP contribution < -0.4 is 0 Å². The highest BCUT2D eigenvalue weighted by molar-refractivity contribution is 7.75. The van der Waals surface area contributed by atoms with Crippen molar-refractivity contribution in [2.75, 3.05) is 7.11 Å². The summed E-state index contributed by atoms with van der Waals surface area (Å²) in [4.78, 5) is 21.5. The summed E-state index contributed by atoms with van der Waals surface area (Å²) in [6, 6.07) is 0. The van der Waals surface area contributed by atoms with Gasteiger partial charge in [-0.1, -0.05) is 0 Å². The molecule has 0 saturated carbocycles. The summed E-state index contributed by atoms with van der Waals surface area (Å²) < 4.78 is 34.4. The lowest BCUT2D eigenvalue weighted by Crippen LogP contribution is -2.26. The van der Waals surface area contributed by atoms with E-state index in [1.54, 1.807) is 0 Å². The van der Waals surface area contributed by atoms with Crippen molar-refractivity contribution in [3.05, 3.63) is 0 Å². The van der Waals surface area contributed by atoms with E-state index in [2.05, 4.69) is 9.47 Å². The van der Waals surface area contributed by atoms with E-state index in [4.69, 9.17) is 0 Å². The van der Waals surface area contributed by atoms with Gasteiger partial charge in [0.2, 0.25) is 5.66 Å². The van der Waals surface area contributed by atoms with Gasteiger partial charge in [-0.15, -0.1) is 0 Å². The Morgan fingerprint density at radius 3 is 2.07 bits per heavy atom. The Labute approximate surface area is 80.1 Å².